The van der Waals surface area contributed by atoms with Crippen LogP contribution in [0.5, 0.6) is 0 Å². The van der Waals surface area contributed by atoms with E-state index >= 15 is 0 Å². The predicted molar refractivity (Wildman–Crippen MR) is 52.6 cm³/mol. The van der Waals surface area contributed by atoms with Gasteiger partial charge in [-0.1, -0.05) is 18.6 Å². The first-order chi connectivity index (χ1) is 6.77. The predicted octanol–water partition coefficient (Wildman–Crippen LogP) is 3.05. The van der Waals surface area contributed by atoms with Gasteiger partial charge in [0.2, 0.25) is 0 Å². The van der Waals surface area contributed by atoms with E-state index in [2.05, 4.69) is 0 Å². The van der Waals surface area contributed by atoms with Crippen molar-refractivity contribution >= 4 is 5.78 Å². The molecule has 0 unspecified atom stereocenters. The third-order valence-corrected chi connectivity index (χ3v) is 2.81. The first-order valence-electron chi connectivity index (χ1n) is 5.05. The number of carbonyl (C=O) groups excluding carboxylic acids is 1. The Balaban J connectivity index is 2.24. The largest absolute Gasteiger partial charge is 0.299 e. The molecule has 0 saturated heterocycles. The van der Waals surface area contributed by atoms with Crippen molar-refractivity contribution in [3.8, 4) is 0 Å². The fourth-order valence-corrected chi connectivity index (χ4v) is 2.06. The summed E-state index contributed by atoms with van der Waals surface area (Å²) < 4.78 is 12.9. The summed E-state index contributed by atoms with van der Waals surface area (Å²) in [5.74, 6) is -0.0397. The van der Waals surface area contributed by atoms with Gasteiger partial charge in [0.25, 0.3) is 0 Å². The highest BCUT2D eigenvalue weighted by atomic mass is 19.1. The van der Waals surface area contributed by atoms with E-state index in [1.54, 1.807) is 6.07 Å². The zero-order valence-electron chi connectivity index (χ0n) is 8.00. The number of hydrogen-bond donors (Lipinski definition) is 0. The summed E-state index contributed by atoms with van der Waals surface area (Å²) in [6, 6.07) is 6.41. The van der Waals surface area contributed by atoms with Crippen LogP contribution < -0.4 is 0 Å². The molecule has 0 aromatic heterocycles. The molecule has 1 fully saturated rings. The van der Waals surface area contributed by atoms with Crippen LogP contribution in [-0.2, 0) is 4.79 Å². The van der Waals surface area contributed by atoms with Crippen molar-refractivity contribution in [3.63, 3.8) is 0 Å². The van der Waals surface area contributed by atoms with Gasteiger partial charge in [-0.05, 0) is 30.5 Å². The van der Waals surface area contributed by atoms with Crippen LogP contribution in [0.3, 0.4) is 0 Å². The molecule has 1 aromatic rings. The van der Waals surface area contributed by atoms with E-state index in [1.807, 2.05) is 6.07 Å². The van der Waals surface area contributed by atoms with E-state index in [4.69, 9.17) is 0 Å². The Hall–Kier alpha value is -1.18. The SMILES string of the molecule is O=C1CCCC[C@@H]1c1cccc(F)c1. The first kappa shape index (κ1) is 9.38. The van der Waals surface area contributed by atoms with E-state index in [-0.39, 0.29) is 17.5 Å². The maximum absolute atomic E-state index is 12.9. The van der Waals surface area contributed by atoms with Gasteiger partial charge >= 0.3 is 0 Å². The zero-order valence-corrected chi connectivity index (χ0v) is 8.00. The van der Waals surface area contributed by atoms with Crippen molar-refractivity contribution in [1.29, 1.82) is 0 Å². The minimum atomic E-state index is -0.249. The second-order valence-corrected chi connectivity index (χ2v) is 3.82. The molecule has 0 aliphatic heterocycles. The number of hydrogen-bond acceptors (Lipinski definition) is 1. The van der Waals surface area contributed by atoms with Gasteiger partial charge in [-0.25, -0.2) is 4.39 Å². The quantitative estimate of drug-likeness (QED) is 0.668. The number of carbonyl (C=O) groups is 1. The summed E-state index contributed by atoms with van der Waals surface area (Å²) in [6.07, 6.45) is 3.60. The first-order valence-corrected chi connectivity index (χ1v) is 5.05. The van der Waals surface area contributed by atoms with E-state index in [0.717, 1.165) is 24.8 Å². The molecule has 74 valence electrons. The Morgan fingerprint density at radius 3 is 2.86 bits per heavy atom. The maximum Gasteiger partial charge on any atom is 0.140 e. The summed E-state index contributed by atoms with van der Waals surface area (Å²) in [4.78, 5) is 11.6. The number of Topliss-reactive ketones (excluding diaryl/α,β-unsaturated/α-hetero) is 1. The molecular formula is C12H13FO. The Morgan fingerprint density at radius 1 is 1.29 bits per heavy atom. The molecule has 1 nitrogen and oxygen atoms in total. The minimum absolute atomic E-state index is 0.0561. The second kappa shape index (κ2) is 3.91. The summed E-state index contributed by atoms with van der Waals surface area (Å²) in [6.45, 7) is 0. The molecule has 0 radical (unpaired) electrons. The van der Waals surface area contributed by atoms with E-state index < -0.39 is 0 Å². The molecule has 1 aromatic carbocycles. The number of benzene rings is 1. The van der Waals surface area contributed by atoms with Crippen LogP contribution in [0, 0.1) is 5.82 Å². The number of halogens is 1. The molecule has 0 spiro atoms. The van der Waals surface area contributed by atoms with Crippen molar-refractivity contribution < 1.29 is 9.18 Å². The van der Waals surface area contributed by atoms with E-state index in [1.165, 1.54) is 12.1 Å². The highest BCUT2D eigenvalue weighted by Gasteiger charge is 2.23. The summed E-state index contributed by atoms with van der Waals surface area (Å²) in [5, 5.41) is 0. The molecule has 14 heavy (non-hydrogen) atoms. The number of rotatable bonds is 1. The van der Waals surface area contributed by atoms with Gasteiger partial charge in [-0.3, -0.25) is 4.79 Å². The molecule has 0 amide bonds. The van der Waals surface area contributed by atoms with Crippen LogP contribution in [-0.4, -0.2) is 5.78 Å². The van der Waals surface area contributed by atoms with Crippen molar-refractivity contribution in [2.75, 3.05) is 0 Å². The van der Waals surface area contributed by atoms with Crippen molar-refractivity contribution in [2.24, 2.45) is 0 Å². The third kappa shape index (κ3) is 1.84. The van der Waals surface area contributed by atoms with Crippen LogP contribution in [0.25, 0.3) is 0 Å². The van der Waals surface area contributed by atoms with Gasteiger partial charge in [0.15, 0.2) is 0 Å². The molecule has 1 aliphatic carbocycles. The Labute approximate surface area is 82.9 Å². The van der Waals surface area contributed by atoms with Crippen molar-refractivity contribution in [3.05, 3.63) is 35.6 Å². The molecule has 2 rings (SSSR count). The molecule has 0 heterocycles. The smallest absolute Gasteiger partial charge is 0.140 e. The van der Waals surface area contributed by atoms with E-state index in [9.17, 15) is 9.18 Å². The van der Waals surface area contributed by atoms with Crippen LogP contribution in [0.2, 0.25) is 0 Å². The molecule has 1 saturated carbocycles. The lowest BCUT2D eigenvalue weighted by Crippen LogP contribution is -2.16. The molecule has 1 atom stereocenters. The Morgan fingerprint density at radius 2 is 2.14 bits per heavy atom. The lowest BCUT2D eigenvalue weighted by molar-refractivity contribution is -0.121. The van der Waals surface area contributed by atoms with Crippen LogP contribution >= 0.6 is 0 Å². The normalized spacial score (nSPS) is 22.4. The highest BCUT2D eigenvalue weighted by molar-refractivity contribution is 5.86. The average molecular weight is 192 g/mol. The van der Waals surface area contributed by atoms with Gasteiger partial charge in [0.1, 0.15) is 11.6 Å². The van der Waals surface area contributed by atoms with Gasteiger partial charge in [-0.2, -0.15) is 0 Å². The summed E-state index contributed by atoms with van der Waals surface area (Å²) in [7, 11) is 0. The van der Waals surface area contributed by atoms with Gasteiger partial charge in [0.05, 0.1) is 0 Å². The summed E-state index contributed by atoms with van der Waals surface area (Å²) >= 11 is 0. The number of ketones is 1. The molecule has 1 aliphatic rings. The van der Waals surface area contributed by atoms with Crippen LogP contribution in [0.15, 0.2) is 24.3 Å². The molecular weight excluding hydrogens is 179 g/mol. The fraction of sp³-hybridized carbons (Fsp3) is 0.417. The topological polar surface area (TPSA) is 17.1 Å². The molecule has 0 bridgehead atoms. The fourth-order valence-electron chi connectivity index (χ4n) is 2.06. The lowest BCUT2D eigenvalue weighted by Gasteiger charge is -2.20. The van der Waals surface area contributed by atoms with Crippen molar-refractivity contribution in [1.82, 2.24) is 0 Å². The third-order valence-electron chi connectivity index (χ3n) is 2.81. The Bertz CT molecular complexity index is 346. The van der Waals surface area contributed by atoms with Crippen molar-refractivity contribution in [2.45, 2.75) is 31.6 Å². The molecule has 2 heteroatoms. The van der Waals surface area contributed by atoms with Gasteiger partial charge in [0, 0.05) is 12.3 Å². The highest BCUT2D eigenvalue weighted by Crippen LogP contribution is 2.29. The van der Waals surface area contributed by atoms with E-state index in [0.29, 0.717) is 6.42 Å². The van der Waals surface area contributed by atoms with Gasteiger partial charge < -0.3 is 0 Å². The monoisotopic (exact) mass is 192 g/mol. The Kier molecular flexibility index (Phi) is 2.62. The molecule has 0 N–H and O–H groups in total. The van der Waals surface area contributed by atoms with Crippen LogP contribution in [0.1, 0.15) is 37.2 Å². The zero-order chi connectivity index (χ0) is 9.97. The second-order valence-electron chi connectivity index (χ2n) is 3.82. The standard InChI is InChI=1S/C12H13FO/c13-10-5-3-4-9(8-10)11-6-1-2-7-12(11)14/h3-5,8,11H,1-2,6-7H2/t11-/m1/s1. The summed E-state index contributed by atoms with van der Waals surface area (Å²) in [5.41, 5.74) is 0.842. The minimum Gasteiger partial charge on any atom is -0.299 e. The maximum atomic E-state index is 12.9. The van der Waals surface area contributed by atoms with Crippen LogP contribution in [0.4, 0.5) is 4.39 Å². The lowest BCUT2D eigenvalue weighted by atomic mass is 9.83. The van der Waals surface area contributed by atoms with Gasteiger partial charge in [-0.15, -0.1) is 0 Å². The average Bonchev–Trinajstić information content (AvgIpc) is 2.18.